The Hall–Kier alpha value is -1.22. The molecule has 1 aromatic rings. The molecule has 3 heteroatoms. The summed E-state index contributed by atoms with van der Waals surface area (Å²) in [6.45, 7) is 4.96. The van der Waals surface area contributed by atoms with E-state index in [1.807, 2.05) is 12.1 Å². The Labute approximate surface area is 103 Å². The first-order chi connectivity index (χ1) is 8.24. The van der Waals surface area contributed by atoms with Gasteiger partial charge in [0.1, 0.15) is 5.75 Å². The topological polar surface area (TPSA) is 32.7 Å². The van der Waals surface area contributed by atoms with Crippen LogP contribution >= 0.6 is 0 Å². The Balaban J connectivity index is 2.06. The van der Waals surface area contributed by atoms with Crippen molar-refractivity contribution in [1.29, 1.82) is 0 Å². The van der Waals surface area contributed by atoms with E-state index in [1.165, 1.54) is 6.42 Å². The van der Waals surface area contributed by atoms with Gasteiger partial charge in [-0.15, -0.1) is 0 Å². The molecule has 94 valence electrons. The molecule has 17 heavy (non-hydrogen) atoms. The monoisotopic (exact) mass is 235 g/mol. The molecule has 1 N–H and O–H groups in total. The zero-order valence-electron chi connectivity index (χ0n) is 10.6. The number of aromatic hydroxyl groups is 1. The van der Waals surface area contributed by atoms with Crippen LogP contribution in [-0.4, -0.2) is 31.9 Å². The summed E-state index contributed by atoms with van der Waals surface area (Å²) < 4.78 is 5.19. The predicted molar refractivity (Wildman–Crippen MR) is 69.7 cm³/mol. The quantitative estimate of drug-likeness (QED) is 0.870. The largest absolute Gasteiger partial charge is 0.508 e. The lowest BCUT2D eigenvalue weighted by Crippen LogP contribution is -2.20. The molecule has 0 spiro atoms. The van der Waals surface area contributed by atoms with Crippen molar-refractivity contribution in [3.63, 3.8) is 0 Å². The Morgan fingerprint density at radius 3 is 2.94 bits per heavy atom. The molecule has 1 atom stereocenters. The molecule has 0 aliphatic carbocycles. The number of phenols is 1. The number of methoxy groups -OCH3 is 1. The fourth-order valence-electron chi connectivity index (χ4n) is 2.49. The number of hydrogen-bond donors (Lipinski definition) is 1. The number of anilines is 1. The highest BCUT2D eigenvalue weighted by Crippen LogP contribution is 2.29. The van der Waals surface area contributed by atoms with E-state index in [9.17, 15) is 5.11 Å². The van der Waals surface area contributed by atoms with Crippen molar-refractivity contribution in [3.05, 3.63) is 23.8 Å². The van der Waals surface area contributed by atoms with E-state index < -0.39 is 0 Å². The van der Waals surface area contributed by atoms with Gasteiger partial charge in [0.2, 0.25) is 0 Å². The molecule has 0 saturated carbocycles. The van der Waals surface area contributed by atoms with E-state index in [0.29, 0.717) is 11.7 Å². The van der Waals surface area contributed by atoms with Crippen LogP contribution in [0.2, 0.25) is 0 Å². The molecule has 1 heterocycles. The molecule has 1 aliphatic rings. The van der Waals surface area contributed by atoms with E-state index in [0.717, 1.165) is 37.4 Å². The third-order valence-corrected chi connectivity index (χ3v) is 3.50. The summed E-state index contributed by atoms with van der Waals surface area (Å²) in [7, 11) is 1.75. The van der Waals surface area contributed by atoms with Crippen LogP contribution in [0.15, 0.2) is 18.2 Å². The van der Waals surface area contributed by atoms with E-state index in [-0.39, 0.29) is 0 Å². The molecule has 0 aromatic heterocycles. The molecule has 0 amide bonds. The van der Waals surface area contributed by atoms with E-state index in [1.54, 1.807) is 7.11 Å². The summed E-state index contributed by atoms with van der Waals surface area (Å²) in [6.07, 6.45) is 2.04. The maximum atomic E-state index is 9.87. The molecule has 3 nitrogen and oxygen atoms in total. The first kappa shape index (κ1) is 12.2. The second kappa shape index (κ2) is 5.41. The molecule has 2 rings (SSSR count). The average Bonchev–Trinajstić information content (AvgIpc) is 2.78. The van der Waals surface area contributed by atoms with Gasteiger partial charge in [-0.2, -0.15) is 0 Å². The lowest BCUT2D eigenvalue weighted by molar-refractivity contribution is 0.161. The molecule has 1 aromatic carbocycles. The highest BCUT2D eigenvalue weighted by Gasteiger charge is 2.22. The number of ether oxygens (including phenoxy) is 1. The normalized spacial score (nSPS) is 19.9. The summed E-state index contributed by atoms with van der Waals surface area (Å²) >= 11 is 0. The van der Waals surface area contributed by atoms with Crippen molar-refractivity contribution in [2.24, 2.45) is 5.92 Å². The van der Waals surface area contributed by atoms with Crippen molar-refractivity contribution in [2.75, 3.05) is 31.7 Å². The van der Waals surface area contributed by atoms with Gasteiger partial charge in [0.05, 0.1) is 6.61 Å². The summed E-state index contributed by atoms with van der Waals surface area (Å²) in [6, 6.07) is 6.01. The van der Waals surface area contributed by atoms with Crippen LogP contribution in [0.1, 0.15) is 18.9 Å². The van der Waals surface area contributed by atoms with Gasteiger partial charge in [0, 0.05) is 37.9 Å². The van der Waals surface area contributed by atoms with Crippen molar-refractivity contribution >= 4 is 5.69 Å². The minimum Gasteiger partial charge on any atom is -0.508 e. The van der Waals surface area contributed by atoms with Crippen molar-refractivity contribution in [3.8, 4) is 5.75 Å². The van der Waals surface area contributed by atoms with Crippen molar-refractivity contribution in [2.45, 2.75) is 19.8 Å². The zero-order valence-corrected chi connectivity index (χ0v) is 10.6. The van der Waals surface area contributed by atoms with Gasteiger partial charge in [-0.25, -0.2) is 0 Å². The fraction of sp³-hybridized carbons (Fsp3) is 0.571. The van der Waals surface area contributed by atoms with Crippen LogP contribution in [0.5, 0.6) is 5.75 Å². The highest BCUT2D eigenvalue weighted by atomic mass is 16.5. The number of aryl methyl sites for hydroxylation is 1. The number of rotatable bonds is 4. The molecule has 1 unspecified atom stereocenters. The van der Waals surface area contributed by atoms with Gasteiger partial charge < -0.3 is 14.7 Å². The molecule has 1 fully saturated rings. The average molecular weight is 235 g/mol. The van der Waals surface area contributed by atoms with Crippen LogP contribution in [0.4, 0.5) is 5.69 Å². The summed E-state index contributed by atoms with van der Waals surface area (Å²) in [5, 5.41) is 9.87. The minimum atomic E-state index is 0.417. The van der Waals surface area contributed by atoms with Crippen LogP contribution in [-0.2, 0) is 11.2 Å². The van der Waals surface area contributed by atoms with E-state index in [4.69, 9.17) is 4.74 Å². The second-order valence-corrected chi connectivity index (χ2v) is 4.72. The Bertz CT molecular complexity index is 378. The third kappa shape index (κ3) is 2.72. The Morgan fingerprint density at radius 2 is 2.29 bits per heavy atom. The minimum absolute atomic E-state index is 0.417. The lowest BCUT2D eigenvalue weighted by atomic mass is 10.1. The zero-order chi connectivity index (χ0) is 12.3. The predicted octanol–water partition coefficient (Wildman–Crippen LogP) is 2.43. The summed E-state index contributed by atoms with van der Waals surface area (Å²) in [5.74, 6) is 1.04. The van der Waals surface area contributed by atoms with Gasteiger partial charge in [-0.05, 0) is 24.5 Å². The molecular weight excluding hydrogens is 214 g/mol. The Kier molecular flexibility index (Phi) is 3.89. The smallest absolute Gasteiger partial charge is 0.120 e. The lowest BCUT2D eigenvalue weighted by Gasteiger charge is -2.19. The van der Waals surface area contributed by atoms with Crippen LogP contribution in [0.25, 0.3) is 0 Å². The molecule has 1 aliphatic heterocycles. The Morgan fingerprint density at radius 1 is 1.47 bits per heavy atom. The standard InChI is InChI=1S/C14H21NO2/c1-3-12-4-5-13(8-14(12)16)15-7-6-11(9-15)10-17-2/h4-5,8,11,16H,3,6-7,9-10H2,1-2H3. The number of phenolic OH excluding ortho intramolecular Hbond substituents is 1. The van der Waals surface area contributed by atoms with Gasteiger partial charge in [0.15, 0.2) is 0 Å². The summed E-state index contributed by atoms with van der Waals surface area (Å²) in [5.41, 5.74) is 2.14. The SMILES string of the molecule is CCc1ccc(N2CCC(COC)C2)cc1O. The third-order valence-electron chi connectivity index (χ3n) is 3.50. The first-order valence-corrected chi connectivity index (χ1v) is 6.30. The maximum Gasteiger partial charge on any atom is 0.120 e. The number of benzene rings is 1. The van der Waals surface area contributed by atoms with Gasteiger partial charge in [-0.1, -0.05) is 13.0 Å². The second-order valence-electron chi connectivity index (χ2n) is 4.72. The van der Waals surface area contributed by atoms with Gasteiger partial charge in [-0.3, -0.25) is 0 Å². The summed E-state index contributed by atoms with van der Waals surface area (Å²) in [4.78, 5) is 2.32. The molecular formula is C14H21NO2. The number of nitrogens with zero attached hydrogens (tertiary/aromatic N) is 1. The molecule has 0 radical (unpaired) electrons. The van der Waals surface area contributed by atoms with Crippen LogP contribution in [0.3, 0.4) is 0 Å². The molecule has 1 saturated heterocycles. The van der Waals surface area contributed by atoms with E-state index in [2.05, 4.69) is 17.9 Å². The van der Waals surface area contributed by atoms with Gasteiger partial charge >= 0.3 is 0 Å². The molecule has 0 bridgehead atoms. The van der Waals surface area contributed by atoms with Gasteiger partial charge in [0.25, 0.3) is 0 Å². The van der Waals surface area contributed by atoms with Crippen molar-refractivity contribution in [1.82, 2.24) is 0 Å². The highest BCUT2D eigenvalue weighted by molar-refractivity contribution is 5.54. The first-order valence-electron chi connectivity index (χ1n) is 6.30. The van der Waals surface area contributed by atoms with Crippen LogP contribution < -0.4 is 4.90 Å². The fourth-order valence-corrected chi connectivity index (χ4v) is 2.49. The number of hydrogen-bond acceptors (Lipinski definition) is 3. The van der Waals surface area contributed by atoms with Crippen molar-refractivity contribution < 1.29 is 9.84 Å². The maximum absolute atomic E-state index is 9.87. The van der Waals surface area contributed by atoms with E-state index >= 15 is 0 Å². The van der Waals surface area contributed by atoms with Crippen LogP contribution in [0, 0.1) is 5.92 Å².